The number of anilines is 5. The zero-order valence-corrected chi connectivity index (χ0v) is 40.4. The molecule has 18 heteroatoms. The molecule has 350 valence electrons. The van der Waals surface area contributed by atoms with Crippen LogP contribution in [0.1, 0.15) is 73.7 Å². The summed E-state index contributed by atoms with van der Waals surface area (Å²) in [5, 5.41) is 9.94. The fourth-order valence-corrected chi connectivity index (χ4v) is 11.6. The molecule has 4 aliphatic rings. The lowest BCUT2D eigenvalue weighted by Gasteiger charge is -2.43. The first kappa shape index (κ1) is 47.3. The number of nitrogens with zero attached hydrogens (tertiary/aromatic N) is 6. The van der Waals surface area contributed by atoms with Crippen molar-refractivity contribution in [2.45, 2.75) is 81.3 Å². The van der Waals surface area contributed by atoms with Gasteiger partial charge in [0.1, 0.15) is 24.0 Å². The molecule has 66 heavy (non-hydrogen) atoms. The molecule has 5 heterocycles. The third-order valence-corrected chi connectivity index (χ3v) is 15.9. The molecule has 3 N–H and O–H groups in total. The number of benzene rings is 3. The molecule has 4 aromatic rings. The number of unbranched alkanes of at least 4 members (excludes halogenated alkanes) is 3. The quantitative estimate of drug-likeness (QED) is 0.0413. The highest BCUT2D eigenvalue weighted by atomic mass is 35.5. The maximum absolute atomic E-state index is 13.1. The molecule has 1 atom stereocenters. The number of nitrogens with one attached hydrogen (secondary N) is 3. The zero-order chi connectivity index (χ0) is 46.4. The van der Waals surface area contributed by atoms with Gasteiger partial charge in [-0.1, -0.05) is 36.6 Å². The molecule has 1 unspecified atom stereocenters. The average Bonchev–Trinajstić information content (AvgIpc) is 3.64. The van der Waals surface area contributed by atoms with Crippen molar-refractivity contribution in [3.05, 3.63) is 83.0 Å². The monoisotopic (exact) mass is 955 g/mol. The van der Waals surface area contributed by atoms with Gasteiger partial charge in [-0.25, -0.2) is 4.98 Å². The predicted molar refractivity (Wildman–Crippen MR) is 262 cm³/mol. The van der Waals surface area contributed by atoms with Gasteiger partial charge in [-0.3, -0.25) is 29.4 Å². The highest BCUT2D eigenvalue weighted by molar-refractivity contribution is 7.99. The van der Waals surface area contributed by atoms with Crippen LogP contribution in [0, 0.1) is 0 Å². The minimum Gasteiger partial charge on any atom is -0.494 e. The molecule has 1 aromatic heterocycles. The molecular weight excluding hydrogens is 897 g/mol. The van der Waals surface area contributed by atoms with Gasteiger partial charge < -0.3 is 34.6 Å². The summed E-state index contributed by atoms with van der Waals surface area (Å²) in [6.07, 6.45) is 8.85. The second-order valence-corrected chi connectivity index (χ2v) is 22.5. The topological polar surface area (TPSA) is 169 Å². The minimum atomic E-state index is -2.55. The van der Waals surface area contributed by atoms with Crippen LogP contribution in [0.5, 0.6) is 5.75 Å². The molecule has 8 rings (SSSR count). The lowest BCUT2D eigenvalue weighted by molar-refractivity contribution is -0.137. The molecule has 0 spiro atoms. The summed E-state index contributed by atoms with van der Waals surface area (Å²) in [5.41, 5.74) is 4.05. The normalized spacial score (nSPS) is 18.3. The van der Waals surface area contributed by atoms with Crippen molar-refractivity contribution in [1.29, 1.82) is 0 Å². The van der Waals surface area contributed by atoms with Gasteiger partial charge in [-0.2, -0.15) is 4.98 Å². The van der Waals surface area contributed by atoms with Crippen LogP contribution in [0.3, 0.4) is 0 Å². The van der Waals surface area contributed by atoms with Gasteiger partial charge in [0.2, 0.25) is 23.7 Å². The number of carbonyl (C=O) groups excluding carboxylic acids is 4. The minimum absolute atomic E-state index is 0.149. The van der Waals surface area contributed by atoms with Crippen molar-refractivity contribution < 1.29 is 28.5 Å². The highest BCUT2D eigenvalue weighted by Crippen LogP contribution is 2.39. The Kier molecular flexibility index (Phi) is 15.2. The molecule has 3 saturated heterocycles. The zero-order valence-electron chi connectivity index (χ0n) is 37.9. The summed E-state index contributed by atoms with van der Waals surface area (Å²) in [5.74, 6) is 1.80. The number of hydrogen-bond acceptors (Lipinski definition) is 13. The van der Waals surface area contributed by atoms with Crippen LogP contribution in [-0.4, -0.2) is 126 Å². The van der Waals surface area contributed by atoms with E-state index in [4.69, 9.17) is 16.3 Å². The molecule has 0 aliphatic carbocycles. The van der Waals surface area contributed by atoms with E-state index in [-0.39, 0.29) is 24.1 Å². The maximum Gasteiger partial charge on any atom is 0.255 e. The van der Waals surface area contributed by atoms with E-state index in [1.807, 2.05) is 53.4 Å². The number of thioether (sulfide) groups is 1. The number of carbonyl (C=O) groups is 4. The third-order valence-electron chi connectivity index (χ3n) is 13.0. The number of amides is 4. The molecule has 0 bridgehead atoms. The number of methoxy groups -OCH3 is 1. The molecule has 3 fully saturated rings. The molecule has 4 amide bonds. The van der Waals surface area contributed by atoms with Crippen molar-refractivity contribution >= 4 is 88.3 Å². The first-order valence-corrected chi connectivity index (χ1v) is 26.9. The standard InChI is InChI=1S/C48H59ClN9O6PS/c1-64-41-29-34(13-16-38(41)52-48-50-30-37(49)45(54-48)51-39-10-7-8-11-42(39)65(2,3)63)55-21-19-33(20-22-55)56-23-25-57(26-24-56)44(60)12-6-4-5-9-27-66-35-14-15-36-32(28-35)31-58(47(36)62)40-17-18-43(59)53-46(40)61/h7-8,10-11,13-16,28-30,33,40H,4-6,9,12,17-27,31H2,1-3H3,(H,53,59,61)(H2,50,51,52,54). The van der Waals surface area contributed by atoms with E-state index < -0.39 is 19.1 Å². The number of rotatable bonds is 17. The van der Waals surface area contributed by atoms with Crippen molar-refractivity contribution in [1.82, 2.24) is 30.0 Å². The van der Waals surface area contributed by atoms with E-state index in [0.29, 0.717) is 64.5 Å². The smallest absolute Gasteiger partial charge is 0.255 e. The first-order chi connectivity index (χ1) is 31.8. The lowest BCUT2D eigenvalue weighted by atomic mass is 10.0. The van der Waals surface area contributed by atoms with E-state index in [0.717, 1.165) is 105 Å². The summed E-state index contributed by atoms with van der Waals surface area (Å²) in [6.45, 7) is 9.07. The predicted octanol–water partition coefficient (Wildman–Crippen LogP) is 7.49. The van der Waals surface area contributed by atoms with Crippen molar-refractivity contribution in [2.75, 3.05) is 81.0 Å². The van der Waals surface area contributed by atoms with Gasteiger partial charge >= 0.3 is 0 Å². The Labute approximate surface area is 396 Å². The van der Waals surface area contributed by atoms with Crippen LogP contribution in [-0.2, 0) is 25.5 Å². The second-order valence-electron chi connectivity index (χ2n) is 17.8. The highest BCUT2D eigenvalue weighted by Gasteiger charge is 2.39. The average molecular weight is 957 g/mol. The summed E-state index contributed by atoms with van der Waals surface area (Å²) in [7, 11) is -0.904. The largest absolute Gasteiger partial charge is 0.494 e. The second kappa shape index (κ2) is 21.2. The number of aromatic nitrogens is 2. The van der Waals surface area contributed by atoms with Crippen LogP contribution in [0.25, 0.3) is 0 Å². The number of imide groups is 1. The van der Waals surface area contributed by atoms with Gasteiger partial charge in [0.05, 0.1) is 24.7 Å². The van der Waals surface area contributed by atoms with Crippen molar-refractivity contribution in [2.24, 2.45) is 0 Å². The summed E-state index contributed by atoms with van der Waals surface area (Å²) < 4.78 is 18.7. The summed E-state index contributed by atoms with van der Waals surface area (Å²) >= 11 is 8.25. The van der Waals surface area contributed by atoms with E-state index in [1.54, 1.807) is 37.1 Å². The Morgan fingerprint density at radius 2 is 1.68 bits per heavy atom. The van der Waals surface area contributed by atoms with Crippen LogP contribution in [0.15, 0.2) is 71.8 Å². The Hall–Kier alpha value is -5.15. The summed E-state index contributed by atoms with van der Waals surface area (Å²) in [4.78, 5) is 68.8. The maximum atomic E-state index is 13.1. The number of piperazine rings is 1. The molecule has 4 aliphatic heterocycles. The van der Waals surface area contributed by atoms with Crippen LogP contribution in [0.2, 0.25) is 5.02 Å². The van der Waals surface area contributed by atoms with Crippen LogP contribution in [0.4, 0.5) is 28.8 Å². The molecule has 3 aromatic carbocycles. The van der Waals surface area contributed by atoms with E-state index in [9.17, 15) is 23.7 Å². The Morgan fingerprint density at radius 1 is 0.909 bits per heavy atom. The number of para-hydroxylation sites is 1. The van der Waals surface area contributed by atoms with Gasteiger partial charge in [-0.05, 0) is 99.2 Å². The molecule has 15 nitrogen and oxygen atoms in total. The number of ether oxygens (including phenoxy) is 1. The Morgan fingerprint density at radius 3 is 2.44 bits per heavy atom. The van der Waals surface area contributed by atoms with Crippen LogP contribution < -0.4 is 30.9 Å². The molecular formula is C48H59ClN9O6PS. The fourth-order valence-electron chi connectivity index (χ4n) is 9.34. The molecule has 0 radical (unpaired) electrons. The van der Waals surface area contributed by atoms with Crippen molar-refractivity contribution in [3.63, 3.8) is 0 Å². The number of halogens is 1. The first-order valence-electron chi connectivity index (χ1n) is 22.9. The number of hydrogen-bond donors (Lipinski definition) is 3. The lowest BCUT2D eigenvalue weighted by Crippen LogP contribution is -2.54. The van der Waals surface area contributed by atoms with E-state index in [2.05, 4.69) is 47.9 Å². The Balaban J connectivity index is 0.721. The third kappa shape index (κ3) is 11.3. The number of piperidine rings is 2. The SMILES string of the molecule is COc1cc(N2CCC(N3CCN(C(=O)CCCCCCSc4ccc5c(c4)CN(C4CCC(=O)NC4=O)C5=O)CC3)CC2)ccc1Nc1ncc(Cl)c(Nc2ccccc2P(C)(C)=O)n1. The van der Waals surface area contributed by atoms with Crippen LogP contribution >= 0.6 is 30.5 Å². The van der Waals surface area contributed by atoms with Crippen molar-refractivity contribution in [3.8, 4) is 5.75 Å². The molecule has 0 saturated carbocycles. The number of fused-ring (bicyclic) bond motifs is 1. The Bertz CT molecular complexity index is 2490. The van der Waals surface area contributed by atoms with E-state index >= 15 is 0 Å². The fraction of sp³-hybridized carbons (Fsp3) is 0.458. The van der Waals surface area contributed by atoms with Gasteiger partial charge in [0.15, 0.2) is 5.82 Å². The summed E-state index contributed by atoms with van der Waals surface area (Å²) in [6, 6.07) is 19.3. The van der Waals surface area contributed by atoms with Gasteiger partial charge in [-0.15, -0.1) is 11.8 Å². The van der Waals surface area contributed by atoms with Gasteiger partial charge in [0.25, 0.3) is 5.91 Å². The van der Waals surface area contributed by atoms with E-state index in [1.165, 1.54) is 6.20 Å². The van der Waals surface area contributed by atoms with Gasteiger partial charge in [0, 0.05) is 92.2 Å².